The van der Waals surface area contributed by atoms with E-state index in [-0.39, 0.29) is 0 Å². The Morgan fingerprint density at radius 3 is 2.07 bits per heavy atom. The molecule has 0 aliphatic carbocycles. The summed E-state index contributed by atoms with van der Waals surface area (Å²) in [5.74, 6) is 0. The summed E-state index contributed by atoms with van der Waals surface area (Å²) in [5, 5.41) is 7.42. The molecule has 0 atom stereocenters. The maximum Gasteiger partial charge on any atom is 0.136 e. The second-order valence-electron chi connectivity index (χ2n) is 7.78. The minimum atomic E-state index is 0.931. The molecule has 7 rings (SSSR count). The van der Waals surface area contributed by atoms with Crippen LogP contribution in [0.3, 0.4) is 0 Å². The third-order valence-corrected chi connectivity index (χ3v) is 6.17. The van der Waals surface area contributed by atoms with Crippen molar-refractivity contribution in [2.75, 3.05) is 0 Å². The molecule has 140 valence electrons. The first kappa shape index (κ1) is 15.8. The van der Waals surface area contributed by atoms with E-state index in [1.165, 1.54) is 43.7 Å². The Bertz CT molecular complexity index is 1740. The van der Waals surface area contributed by atoms with E-state index in [0.717, 1.165) is 16.6 Å². The van der Waals surface area contributed by atoms with Gasteiger partial charge in [0.2, 0.25) is 0 Å². The van der Waals surface area contributed by atoms with Crippen molar-refractivity contribution in [2.24, 2.45) is 0 Å². The molecule has 2 aromatic heterocycles. The van der Waals surface area contributed by atoms with E-state index in [0.29, 0.717) is 0 Å². The van der Waals surface area contributed by atoms with Gasteiger partial charge in [0.25, 0.3) is 0 Å². The molecule has 0 amide bonds. The monoisotopic (exact) mass is 383 g/mol. The summed E-state index contributed by atoms with van der Waals surface area (Å²) in [6, 6.07) is 36.4. The molecule has 0 saturated heterocycles. The summed E-state index contributed by atoms with van der Waals surface area (Å²) in [6.07, 6.45) is 0. The van der Waals surface area contributed by atoms with Crippen LogP contribution in [0.1, 0.15) is 0 Å². The highest BCUT2D eigenvalue weighted by molar-refractivity contribution is 6.32. The summed E-state index contributed by atoms with van der Waals surface area (Å²) in [4.78, 5) is 0. The fourth-order valence-electron chi connectivity index (χ4n) is 4.94. The molecule has 2 heteroatoms. The fraction of sp³-hybridized carbons (Fsp3) is 0. The fourth-order valence-corrected chi connectivity index (χ4v) is 4.94. The molecule has 0 saturated carbocycles. The lowest BCUT2D eigenvalue weighted by Crippen LogP contribution is -1.92. The first-order chi connectivity index (χ1) is 14.9. The predicted molar refractivity (Wildman–Crippen MR) is 126 cm³/mol. The Hall–Kier alpha value is -4.04. The van der Waals surface area contributed by atoms with Gasteiger partial charge in [0.1, 0.15) is 11.2 Å². The largest absolute Gasteiger partial charge is 0.456 e. The molecule has 2 nitrogen and oxygen atoms in total. The van der Waals surface area contributed by atoms with Crippen LogP contribution >= 0.6 is 0 Å². The summed E-state index contributed by atoms with van der Waals surface area (Å²) >= 11 is 0. The van der Waals surface area contributed by atoms with Crippen molar-refractivity contribution in [3.63, 3.8) is 0 Å². The molecule has 5 aromatic carbocycles. The average Bonchev–Trinajstić information content (AvgIpc) is 3.35. The van der Waals surface area contributed by atoms with Crippen LogP contribution in [0, 0.1) is 0 Å². The molecule has 0 aliphatic heterocycles. The van der Waals surface area contributed by atoms with Gasteiger partial charge >= 0.3 is 0 Å². The van der Waals surface area contributed by atoms with E-state index >= 15 is 0 Å². The highest BCUT2D eigenvalue weighted by atomic mass is 16.3. The van der Waals surface area contributed by atoms with E-state index in [2.05, 4.69) is 102 Å². The zero-order valence-corrected chi connectivity index (χ0v) is 16.2. The van der Waals surface area contributed by atoms with E-state index in [9.17, 15) is 0 Å². The van der Waals surface area contributed by atoms with E-state index in [1.807, 2.05) is 6.07 Å². The molecule has 0 unspecified atom stereocenters. The third kappa shape index (κ3) is 1.98. The molecule has 7 aromatic rings. The van der Waals surface area contributed by atoms with E-state index in [1.54, 1.807) is 0 Å². The van der Waals surface area contributed by atoms with Crippen LogP contribution in [0.25, 0.3) is 60.2 Å². The number of fused-ring (bicyclic) bond motifs is 9. The molecule has 0 spiro atoms. The molecule has 0 bridgehead atoms. The molecular weight excluding hydrogens is 366 g/mol. The first-order valence-corrected chi connectivity index (χ1v) is 10.2. The van der Waals surface area contributed by atoms with Gasteiger partial charge in [0.15, 0.2) is 0 Å². The topological polar surface area (TPSA) is 18.1 Å². The summed E-state index contributed by atoms with van der Waals surface area (Å²) in [6.45, 7) is 0. The van der Waals surface area contributed by atoms with Crippen molar-refractivity contribution in [3.05, 3.63) is 103 Å². The molecule has 0 N–H and O–H groups in total. The van der Waals surface area contributed by atoms with Crippen molar-refractivity contribution < 1.29 is 4.42 Å². The molecular formula is C28H17NO. The third-order valence-electron chi connectivity index (χ3n) is 6.17. The van der Waals surface area contributed by atoms with Gasteiger partial charge in [0, 0.05) is 27.2 Å². The van der Waals surface area contributed by atoms with Crippen LogP contribution in [-0.2, 0) is 0 Å². The van der Waals surface area contributed by atoms with Gasteiger partial charge in [-0.25, -0.2) is 0 Å². The van der Waals surface area contributed by atoms with Crippen molar-refractivity contribution in [3.8, 4) is 5.69 Å². The molecule has 2 heterocycles. The van der Waals surface area contributed by atoms with E-state index in [4.69, 9.17) is 4.42 Å². The van der Waals surface area contributed by atoms with Gasteiger partial charge in [-0.2, -0.15) is 0 Å². The lowest BCUT2D eigenvalue weighted by molar-refractivity contribution is 0.669. The van der Waals surface area contributed by atoms with Gasteiger partial charge in [-0.05, 0) is 47.2 Å². The standard InChI is InChI=1S/C28H17NO/c1-2-9-19(10-3-1)29-22-15-14-18-8-4-5-11-20(18)26(22)28-23(29)16-17-25-27(28)21-12-6-7-13-24(21)30-25/h1-17H. The number of aromatic nitrogens is 1. The quantitative estimate of drug-likeness (QED) is 0.282. The molecule has 0 fully saturated rings. The summed E-state index contributed by atoms with van der Waals surface area (Å²) < 4.78 is 8.60. The van der Waals surface area contributed by atoms with Gasteiger partial charge in [0.05, 0.1) is 11.0 Å². The van der Waals surface area contributed by atoms with Crippen LogP contribution in [0.2, 0.25) is 0 Å². The van der Waals surface area contributed by atoms with Gasteiger partial charge in [-0.3, -0.25) is 0 Å². The number of hydrogen-bond acceptors (Lipinski definition) is 1. The van der Waals surface area contributed by atoms with Crippen LogP contribution in [-0.4, -0.2) is 4.57 Å². The lowest BCUT2D eigenvalue weighted by atomic mass is 10.0. The van der Waals surface area contributed by atoms with Crippen LogP contribution in [0.5, 0.6) is 0 Å². The van der Waals surface area contributed by atoms with Crippen molar-refractivity contribution >= 4 is 54.5 Å². The van der Waals surface area contributed by atoms with Crippen LogP contribution in [0.15, 0.2) is 108 Å². The average molecular weight is 383 g/mol. The molecule has 0 aliphatic rings. The number of rotatable bonds is 1. The minimum Gasteiger partial charge on any atom is -0.456 e. The second-order valence-corrected chi connectivity index (χ2v) is 7.78. The second kappa shape index (κ2) is 5.74. The summed E-state index contributed by atoms with van der Waals surface area (Å²) in [7, 11) is 0. The first-order valence-electron chi connectivity index (χ1n) is 10.2. The van der Waals surface area contributed by atoms with Crippen molar-refractivity contribution in [2.45, 2.75) is 0 Å². The zero-order valence-electron chi connectivity index (χ0n) is 16.2. The maximum atomic E-state index is 6.23. The van der Waals surface area contributed by atoms with Crippen LogP contribution in [0.4, 0.5) is 0 Å². The Labute approximate surface area is 172 Å². The minimum absolute atomic E-state index is 0.931. The Morgan fingerprint density at radius 1 is 0.467 bits per heavy atom. The number of hydrogen-bond donors (Lipinski definition) is 0. The Morgan fingerprint density at radius 2 is 1.17 bits per heavy atom. The number of para-hydroxylation sites is 2. The smallest absolute Gasteiger partial charge is 0.136 e. The van der Waals surface area contributed by atoms with E-state index < -0.39 is 0 Å². The predicted octanol–water partition coefficient (Wildman–Crippen LogP) is 7.84. The maximum absolute atomic E-state index is 6.23. The van der Waals surface area contributed by atoms with Crippen LogP contribution < -0.4 is 0 Å². The molecule has 30 heavy (non-hydrogen) atoms. The van der Waals surface area contributed by atoms with Crippen molar-refractivity contribution in [1.82, 2.24) is 4.57 Å². The lowest BCUT2D eigenvalue weighted by Gasteiger charge is -2.07. The van der Waals surface area contributed by atoms with Crippen molar-refractivity contribution in [1.29, 1.82) is 0 Å². The highest BCUT2D eigenvalue weighted by Gasteiger charge is 2.19. The van der Waals surface area contributed by atoms with Gasteiger partial charge < -0.3 is 8.98 Å². The van der Waals surface area contributed by atoms with Gasteiger partial charge in [-0.1, -0.05) is 66.7 Å². The Balaban J connectivity index is 1.84. The summed E-state index contributed by atoms with van der Waals surface area (Å²) in [5.41, 5.74) is 5.45. The zero-order chi connectivity index (χ0) is 19.7. The molecule has 0 radical (unpaired) electrons. The Kier molecular flexibility index (Phi) is 3.03. The number of nitrogens with zero attached hydrogens (tertiary/aromatic N) is 1. The SMILES string of the molecule is c1ccc(-n2c3ccc4ccccc4c3c3c4c(ccc32)oc2ccccc24)cc1. The highest BCUT2D eigenvalue weighted by Crippen LogP contribution is 2.43. The van der Waals surface area contributed by atoms with Gasteiger partial charge in [-0.15, -0.1) is 0 Å². The number of benzene rings is 5. The normalized spacial score (nSPS) is 12.0. The number of furan rings is 1.